The number of hydrogen-bond donors (Lipinski definition) is 2. The number of nitriles is 1. The largest absolute Gasteiger partial charge is 0.370 e. The Morgan fingerprint density at radius 1 is 1.26 bits per heavy atom. The fourth-order valence-electron chi connectivity index (χ4n) is 5.30. The molecular formula is C30H33N9O4. The average molecular weight is 584 g/mol. The topological polar surface area (TPSA) is 165 Å². The van der Waals surface area contributed by atoms with Gasteiger partial charge in [-0.2, -0.15) is 10.4 Å². The second-order valence-electron chi connectivity index (χ2n) is 11.6. The van der Waals surface area contributed by atoms with E-state index in [0.717, 1.165) is 43.4 Å². The maximum Gasteiger partial charge on any atom is 0.276 e. The molecule has 2 fully saturated rings. The zero-order valence-corrected chi connectivity index (χ0v) is 24.3. The van der Waals surface area contributed by atoms with Gasteiger partial charge in [0, 0.05) is 12.4 Å². The highest BCUT2D eigenvalue weighted by atomic mass is 16.6. The molecular weight excluding hydrogens is 550 g/mol. The fraction of sp³-hybridized carbons (Fsp3) is 0.467. The van der Waals surface area contributed by atoms with Gasteiger partial charge in [-0.1, -0.05) is 24.9 Å². The summed E-state index contributed by atoms with van der Waals surface area (Å²) >= 11 is 0. The molecule has 13 nitrogen and oxygen atoms in total. The highest BCUT2D eigenvalue weighted by Gasteiger charge is 2.42. The molecule has 3 atom stereocenters. The summed E-state index contributed by atoms with van der Waals surface area (Å²) in [5.74, 6) is 2.02. The summed E-state index contributed by atoms with van der Waals surface area (Å²) < 4.78 is 14.8. The van der Waals surface area contributed by atoms with E-state index in [9.17, 15) is 14.9 Å². The summed E-state index contributed by atoms with van der Waals surface area (Å²) in [6, 6.07) is 4.76. The van der Waals surface area contributed by atoms with Crippen molar-refractivity contribution in [2.75, 3.05) is 5.32 Å². The van der Waals surface area contributed by atoms with Crippen LogP contribution in [-0.2, 0) is 16.0 Å². The van der Waals surface area contributed by atoms with Crippen molar-refractivity contribution in [1.29, 1.82) is 5.26 Å². The number of rotatable bonds is 13. The summed E-state index contributed by atoms with van der Waals surface area (Å²) in [5.41, 5.74) is 3.01. The van der Waals surface area contributed by atoms with Crippen LogP contribution in [0.5, 0.6) is 0 Å². The molecule has 0 saturated heterocycles. The normalized spacial score (nSPS) is 17.4. The van der Waals surface area contributed by atoms with Gasteiger partial charge in [-0.25, -0.2) is 14.4 Å². The molecule has 4 aromatic heterocycles. The van der Waals surface area contributed by atoms with Crippen molar-refractivity contribution in [2.24, 2.45) is 5.92 Å². The lowest BCUT2D eigenvalue weighted by molar-refractivity contribution is -0.0211. The lowest BCUT2D eigenvalue weighted by Gasteiger charge is -2.28. The second kappa shape index (κ2) is 11.5. The van der Waals surface area contributed by atoms with Crippen LogP contribution in [-0.4, -0.2) is 59.1 Å². The van der Waals surface area contributed by atoms with Gasteiger partial charge in [-0.15, -0.1) is 0 Å². The van der Waals surface area contributed by atoms with E-state index in [1.54, 1.807) is 18.5 Å². The summed E-state index contributed by atoms with van der Waals surface area (Å²) in [7, 11) is 0. The number of aromatic nitrogens is 6. The highest BCUT2D eigenvalue weighted by molar-refractivity contribution is 5.93. The van der Waals surface area contributed by atoms with Gasteiger partial charge < -0.3 is 19.8 Å². The predicted molar refractivity (Wildman–Crippen MR) is 154 cm³/mol. The molecule has 6 rings (SSSR count). The van der Waals surface area contributed by atoms with E-state index >= 15 is 0 Å². The van der Waals surface area contributed by atoms with E-state index in [1.807, 2.05) is 54.3 Å². The van der Waals surface area contributed by atoms with E-state index < -0.39 is 18.1 Å². The molecule has 0 aliphatic heterocycles. The van der Waals surface area contributed by atoms with Gasteiger partial charge in [-0.05, 0) is 62.7 Å². The van der Waals surface area contributed by atoms with Crippen LogP contribution in [0.1, 0.15) is 86.4 Å². The van der Waals surface area contributed by atoms with Crippen LogP contribution >= 0.6 is 0 Å². The molecule has 43 heavy (non-hydrogen) atoms. The quantitative estimate of drug-likeness (QED) is 0.222. The number of nitrogens with zero attached hydrogens (tertiary/aromatic N) is 7. The third-order valence-corrected chi connectivity index (χ3v) is 8.17. The van der Waals surface area contributed by atoms with Crippen molar-refractivity contribution >= 4 is 23.2 Å². The van der Waals surface area contributed by atoms with E-state index in [2.05, 4.69) is 37.1 Å². The molecule has 2 saturated carbocycles. The monoisotopic (exact) mass is 583 g/mol. The number of pyridine rings is 1. The zero-order chi connectivity index (χ0) is 30.1. The molecule has 13 heteroatoms. The molecule has 0 unspecified atom stereocenters. The van der Waals surface area contributed by atoms with Crippen LogP contribution < -0.4 is 10.6 Å². The highest BCUT2D eigenvalue weighted by Crippen LogP contribution is 2.41. The number of anilines is 1. The van der Waals surface area contributed by atoms with Crippen LogP contribution in [0, 0.1) is 17.2 Å². The molecule has 0 bridgehead atoms. The summed E-state index contributed by atoms with van der Waals surface area (Å²) in [5, 5.41) is 27.6. The molecule has 2 aliphatic rings. The van der Waals surface area contributed by atoms with Gasteiger partial charge in [0.15, 0.2) is 5.69 Å². The predicted octanol–water partition coefficient (Wildman–Crippen LogP) is 3.62. The number of ether oxygens (including phenoxy) is 1. The minimum Gasteiger partial charge on any atom is -0.370 e. The van der Waals surface area contributed by atoms with E-state index in [0.29, 0.717) is 29.3 Å². The lowest BCUT2D eigenvalue weighted by Crippen LogP contribution is -2.47. The van der Waals surface area contributed by atoms with Gasteiger partial charge in [0.1, 0.15) is 35.1 Å². The zero-order valence-electron chi connectivity index (χ0n) is 24.3. The first kappa shape index (κ1) is 28.3. The average Bonchev–Trinajstić information content (AvgIpc) is 3.76. The summed E-state index contributed by atoms with van der Waals surface area (Å²) in [6.45, 7) is 5.65. The van der Waals surface area contributed by atoms with Crippen LogP contribution in [0.2, 0.25) is 0 Å². The van der Waals surface area contributed by atoms with Gasteiger partial charge in [0.2, 0.25) is 0 Å². The Labute approximate surface area is 247 Å². The number of fused-ring (bicyclic) bond motifs is 1. The number of amides is 1. The van der Waals surface area contributed by atoms with Crippen LogP contribution in [0.15, 0.2) is 47.2 Å². The van der Waals surface area contributed by atoms with E-state index in [1.165, 1.54) is 0 Å². The minimum atomic E-state index is -0.863. The van der Waals surface area contributed by atoms with E-state index in [4.69, 9.17) is 9.37 Å². The van der Waals surface area contributed by atoms with Crippen molar-refractivity contribution in [3.05, 3.63) is 65.3 Å². The van der Waals surface area contributed by atoms with Gasteiger partial charge in [0.25, 0.3) is 5.91 Å². The third-order valence-electron chi connectivity index (χ3n) is 8.17. The Morgan fingerprint density at radius 2 is 2.07 bits per heavy atom. The number of carbonyl (C=O) groups is 1. The SMILES string of the molecule is CCc1nonc1C(=O)N[C@@H](C(=C=O)Nc1cnn([C@H](CC2CC2)c2cnc3ccc(C#N)cn23)c1)[C@@H](C)OC1(C)CC1. The molecule has 2 N–H and O–H groups in total. The summed E-state index contributed by atoms with van der Waals surface area (Å²) in [4.78, 5) is 30.1. The maximum atomic E-state index is 13.2. The Balaban J connectivity index is 1.27. The molecule has 0 aromatic carbocycles. The fourth-order valence-corrected chi connectivity index (χ4v) is 5.30. The van der Waals surface area contributed by atoms with Crippen molar-refractivity contribution in [2.45, 2.75) is 83.1 Å². The van der Waals surface area contributed by atoms with Crippen molar-refractivity contribution in [1.82, 2.24) is 34.8 Å². The number of carbonyl (C=O) groups excluding carboxylic acids is 2. The third kappa shape index (κ3) is 6.07. The number of nitrogens with one attached hydrogen (secondary N) is 2. The molecule has 0 spiro atoms. The lowest BCUT2D eigenvalue weighted by atomic mass is 10.1. The minimum absolute atomic E-state index is 0.0610. The Hall–Kier alpha value is -4.79. The van der Waals surface area contributed by atoms with Crippen LogP contribution in [0.3, 0.4) is 0 Å². The Bertz CT molecular complexity index is 1730. The van der Waals surface area contributed by atoms with Crippen molar-refractivity contribution < 1.29 is 19.0 Å². The molecule has 4 heterocycles. The van der Waals surface area contributed by atoms with Crippen molar-refractivity contribution in [3.63, 3.8) is 0 Å². The number of aryl methyl sites for hydroxylation is 1. The van der Waals surface area contributed by atoms with Crippen LogP contribution in [0.4, 0.5) is 5.69 Å². The van der Waals surface area contributed by atoms with Gasteiger partial charge in [0.05, 0.1) is 47.1 Å². The first-order chi connectivity index (χ1) is 20.8. The Morgan fingerprint density at radius 3 is 2.77 bits per heavy atom. The molecule has 4 aromatic rings. The first-order valence-electron chi connectivity index (χ1n) is 14.5. The maximum absolute atomic E-state index is 13.2. The molecule has 2 aliphatic carbocycles. The first-order valence-corrected chi connectivity index (χ1v) is 14.5. The van der Waals surface area contributed by atoms with E-state index in [-0.39, 0.29) is 23.0 Å². The molecule has 0 radical (unpaired) electrons. The molecule has 1 amide bonds. The number of imidazole rings is 1. The van der Waals surface area contributed by atoms with Gasteiger partial charge in [-0.3, -0.25) is 9.48 Å². The summed E-state index contributed by atoms with van der Waals surface area (Å²) in [6.07, 6.45) is 11.9. The van der Waals surface area contributed by atoms with Crippen LogP contribution in [0.25, 0.3) is 5.65 Å². The number of hydrogen-bond acceptors (Lipinski definition) is 10. The smallest absolute Gasteiger partial charge is 0.276 e. The van der Waals surface area contributed by atoms with Gasteiger partial charge >= 0.3 is 0 Å². The standard InChI is InChI=1S/C30H33N9O4/c1-4-22-28(37-43-36-22)29(41)35-27(18(2)42-30(3)9-10-30)23(17-40)34-21-13-33-39(16-21)24(11-19-5-6-19)25-14-32-26-8-7-20(12-31)15-38(25)26/h7-8,13-16,18-19,24,27,34H,4-6,9-11H2,1-3H3,(H,35,41)/t18-,24-,27-/m1/s1. The Kier molecular flexibility index (Phi) is 7.56. The molecule has 222 valence electrons. The second-order valence-corrected chi connectivity index (χ2v) is 11.6. The van der Waals surface area contributed by atoms with Crippen molar-refractivity contribution in [3.8, 4) is 6.07 Å².